The molecule has 1 saturated carbocycles. The smallest absolute Gasteiger partial charge is 0.106 e. The summed E-state index contributed by atoms with van der Waals surface area (Å²) in [6.45, 7) is 9.90. The third kappa shape index (κ3) is 6.26. The highest BCUT2D eigenvalue weighted by Crippen LogP contribution is 2.31. The largest absolute Gasteiger partial charge is 0.378 e. The lowest BCUT2D eigenvalue weighted by molar-refractivity contribution is -0.0979. The van der Waals surface area contributed by atoms with Crippen LogP contribution in [0.25, 0.3) is 0 Å². The van der Waals surface area contributed by atoms with Gasteiger partial charge >= 0.3 is 0 Å². The van der Waals surface area contributed by atoms with E-state index in [1.807, 2.05) is 6.79 Å². The lowest BCUT2D eigenvalue weighted by atomic mass is 9.80. The average molecular weight is 228 g/mol. The Hall–Kier alpha value is -0.370. The molecule has 0 aromatic heterocycles. The first kappa shape index (κ1) is 15.6. The van der Waals surface area contributed by atoms with E-state index in [9.17, 15) is 0 Å². The molecule has 1 fully saturated rings. The third-order valence-corrected chi connectivity index (χ3v) is 3.51. The van der Waals surface area contributed by atoms with E-state index in [-0.39, 0.29) is 0 Å². The molecule has 0 unspecified atom stereocenters. The van der Waals surface area contributed by atoms with Crippen molar-refractivity contribution in [2.24, 2.45) is 11.8 Å². The highest BCUT2D eigenvalue weighted by molar-refractivity contribution is 5.10. The minimum Gasteiger partial charge on any atom is -0.378 e. The number of hydrogen-bond acceptors (Lipinski definition) is 2. The molecule has 0 atom stereocenters. The minimum absolute atomic E-state index is 0.580. The second-order valence-electron chi connectivity index (χ2n) is 5.01. The van der Waals surface area contributed by atoms with Crippen molar-refractivity contribution in [1.29, 1.82) is 0 Å². The quantitative estimate of drug-likeness (QED) is 0.668. The zero-order chi connectivity index (χ0) is 12.4. The Kier molecular flexibility index (Phi) is 9.60. The molecule has 0 aliphatic heterocycles. The van der Waals surface area contributed by atoms with Crippen LogP contribution in [-0.4, -0.2) is 19.5 Å². The summed E-state index contributed by atoms with van der Waals surface area (Å²) < 4.78 is 5.85. The molecule has 2 heteroatoms. The van der Waals surface area contributed by atoms with Gasteiger partial charge in [0.15, 0.2) is 0 Å². The van der Waals surface area contributed by atoms with E-state index in [2.05, 4.69) is 20.8 Å². The molecular weight excluding hydrogens is 200 g/mol. The van der Waals surface area contributed by atoms with Crippen molar-refractivity contribution in [3.63, 3.8) is 0 Å². The van der Waals surface area contributed by atoms with Gasteiger partial charge in [0.05, 0.1) is 6.10 Å². The fourth-order valence-electron chi connectivity index (χ4n) is 2.32. The lowest BCUT2D eigenvalue weighted by Crippen LogP contribution is -2.24. The molecule has 0 N–H and O–H groups in total. The van der Waals surface area contributed by atoms with Crippen LogP contribution >= 0.6 is 0 Å². The molecule has 0 bridgehead atoms. The fraction of sp³-hybridized carbons (Fsp3) is 0.929. The molecular formula is C14H28O2. The first-order chi connectivity index (χ1) is 7.74. The molecule has 1 aliphatic carbocycles. The Balaban J connectivity index is 0.00000106. The lowest BCUT2D eigenvalue weighted by Gasteiger charge is -2.30. The summed E-state index contributed by atoms with van der Waals surface area (Å²) in [7, 11) is 0. The van der Waals surface area contributed by atoms with Gasteiger partial charge in [0, 0.05) is 6.61 Å². The van der Waals surface area contributed by atoms with E-state index in [1.54, 1.807) is 0 Å². The van der Waals surface area contributed by atoms with E-state index in [0.29, 0.717) is 6.10 Å². The molecule has 16 heavy (non-hydrogen) atoms. The van der Waals surface area contributed by atoms with E-state index in [0.717, 1.165) is 18.4 Å². The molecule has 0 saturated heterocycles. The van der Waals surface area contributed by atoms with E-state index in [1.165, 1.54) is 38.5 Å². The standard InChI is InChI=1S/C13H26O.CH2O/c1-4-5-10-14-13-8-6-12(7-9-13)11(2)3;1-2/h11-13H,4-10H2,1-3H3;1H2. The van der Waals surface area contributed by atoms with Gasteiger partial charge in [-0.15, -0.1) is 0 Å². The van der Waals surface area contributed by atoms with Crippen LogP contribution in [0, 0.1) is 11.8 Å². The predicted molar refractivity (Wildman–Crippen MR) is 68.6 cm³/mol. The molecule has 0 spiro atoms. The Bertz CT molecular complexity index is 149. The Morgan fingerprint density at radius 2 is 1.75 bits per heavy atom. The predicted octanol–water partition coefficient (Wildman–Crippen LogP) is 3.83. The fourth-order valence-corrected chi connectivity index (χ4v) is 2.32. The van der Waals surface area contributed by atoms with Crippen molar-refractivity contribution in [2.75, 3.05) is 6.61 Å². The van der Waals surface area contributed by atoms with Crippen molar-refractivity contribution in [3.8, 4) is 0 Å². The number of unbranched alkanes of at least 4 members (excludes halogenated alkanes) is 1. The summed E-state index contributed by atoms with van der Waals surface area (Å²) in [6, 6.07) is 0. The van der Waals surface area contributed by atoms with Crippen molar-refractivity contribution in [2.45, 2.75) is 65.4 Å². The number of rotatable bonds is 5. The number of carbonyl (C=O) groups excluding carboxylic acids is 1. The second kappa shape index (κ2) is 9.83. The first-order valence-electron chi connectivity index (χ1n) is 6.64. The van der Waals surface area contributed by atoms with Crippen molar-refractivity contribution >= 4 is 6.79 Å². The second-order valence-corrected chi connectivity index (χ2v) is 5.01. The van der Waals surface area contributed by atoms with Gasteiger partial charge in [0.2, 0.25) is 0 Å². The highest BCUT2D eigenvalue weighted by atomic mass is 16.5. The maximum Gasteiger partial charge on any atom is 0.106 e. The van der Waals surface area contributed by atoms with Crippen molar-refractivity contribution < 1.29 is 9.53 Å². The molecule has 96 valence electrons. The van der Waals surface area contributed by atoms with Gasteiger partial charge < -0.3 is 9.53 Å². The van der Waals surface area contributed by atoms with Crippen LogP contribution in [0.15, 0.2) is 0 Å². The molecule has 0 radical (unpaired) electrons. The van der Waals surface area contributed by atoms with E-state index in [4.69, 9.17) is 9.53 Å². The Morgan fingerprint density at radius 3 is 2.19 bits per heavy atom. The molecule has 0 amide bonds. The molecule has 1 rings (SSSR count). The third-order valence-electron chi connectivity index (χ3n) is 3.51. The summed E-state index contributed by atoms with van der Waals surface area (Å²) in [5, 5.41) is 0. The summed E-state index contributed by atoms with van der Waals surface area (Å²) in [5.74, 6) is 1.83. The summed E-state index contributed by atoms with van der Waals surface area (Å²) >= 11 is 0. The summed E-state index contributed by atoms with van der Waals surface area (Å²) in [4.78, 5) is 8.00. The van der Waals surface area contributed by atoms with Crippen LogP contribution in [0.3, 0.4) is 0 Å². The van der Waals surface area contributed by atoms with Crippen LogP contribution in [-0.2, 0) is 9.53 Å². The summed E-state index contributed by atoms with van der Waals surface area (Å²) in [6.07, 6.45) is 8.42. The zero-order valence-electron chi connectivity index (χ0n) is 11.2. The number of hydrogen-bond donors (Lipinski definition) is 0. The van der Waals surface area contributed by atoms with Crippen LogP contribution in [0.2, 0.25) is 0 Å². The molecule has 0 aromatic carbocycles. The van der Waals surface area contributed by atoms with Crippen LogP contribution in [0.4, 0.5) is 0 Å². The average Bonchev–Trinajstić information content (AvgIpc) is 2.33. The maximum absolute atomic E-state index is 8.00. The van der Waals surface area contributed by atoms with Gasteiger partial charge in [-0.1, -0.05) is 27.2 Å². The van der Waals surface area contributed by atoms with Crippen molar-refractivity contribution in [3.05, 3.63) is 0 Å². The van der Waals surface area contributed by atoms with Gasteiger partial charge in [-0.25, -0.2) is 0 Å². The minimum atomic E-state index is 0.580. The normalized spacial score (nSPS) is 25.0. The molecule has 2 nitrogen and oxygen atoms in total. The van der Waals surface area contributed by atoms with Crippen LogP contribution in [0.1, 0.15) is 59.3 Å². The zero-order valence-corrected chi connectivity index (χ0v) is 11.2. The Labute approximate surface area is 101 Å². The van der Waals surface area contributed by atoms with Crippen LogP contribution in [0.5, 0.6) is 0 Å². The maximum atomic E-state index is 8.00. The van der Waals surface area contributed by atoms with E-state index < -0.39 is 0 Å². The molecule has 0 aromatic rings. The number of carbonyl (C=O) groups is 1. The summed E-state index contributed by atoms with van der Waals surface area (Å²) in [5.41, 5.74) is 0. The van der Waals surface area contributed by atoms with E-state index >= 15 is 0 Å². The van der Waals surface area contributed by atoms with Gasteiger partial charge in [-0.2, -0.15) is 0 Å². The SMILES string of the molecule is C=O.CCCCOC1CCC(C(C)C)CC1. The van der Waals surface area contributed by atoms with Crippen molar-refractivity contribution in [1.82, 2.24) is 0 Å². The van der Waals surface area contributed by atoms with Crippen LogP contribution < -0.4 is 0 Å². The van der Waals surface area contributed by atoms with Gasteiger partial charge in [0.1, 0.15) is 6.79 Å². The van der Waals surface area contributed by atoms with Gasteiger partial charge in [-0.05, 0) is 43.9 Å². The van der Waals surface area contributed by atoms with Gasteiger partial charge in [0.25, 0.3) is 0 Å². The molecule has 1 aliphatic rings. The number of ether oxygens (including phenoxy) is 1. The highest BCUT2D eigenvalue weighted by Gasteiger charge is 2.23. The first-order valence-corrected chi connectivity index (χ1v) is 6.64. The topological polar surface area (TPSA) is 26.3 Å². The molecule has 0 heterocycles. The van der Waals surface area contributed by atoms with Gasteiger partial charge in [-0.3, -0.25) is 0 Å². The monoisotopic (exact) mass is 228 g/mol. The Morgan fingerprint density at radius 1 is 1.19 bits per heavy atom.